The quantitative estimate of drug-likeness (QED) is 0.323. The molecule has 0 bridgehead atoms. The zero-order chi connectivity index (χ0) is 28.2. The molecule has 7 nitrogen and oxygen atoms in total. The number of nitrogens with zero attached hydrogens (tertiary/aromatic N) is 1. The molecule has 0 aliphatic carbocycles. The van der Waals surface area contributed by atoms with Gasteiger partial charge in [-0.15, -0.1) is 0 Å². The predicted molar refractivity (Wildman–Crippen MR) is 142 cm³/mol. The molecule has 1 atom stereocenters. The second-order valence-electron chi connectivity index (χ2n) is 8.83. The van der Waals surface area contributed by atoms with Crippen LogP contribution < -0.4 is 4.74 Å². The van der Waals surface area contributed by atoms with Crippen molar-refractivity contribution in [3.63, 3.8) is 0 Å². The lowest BCUT2D eigenvalue weighted by Crippen LogP contribution is -2.28. The average molecular weight is 540 g/mol. The lowest BCUT2D eigenvalue weighted by Gasteiger charge is -2.26. The van der Waals surface area contributed by atoms with Gasteiger partial charge in [0.25, 0.3) is 0 Å². The molecule has 1 heterocycles. The molecule has 0 saturated carbocycles. The van der Waals surface area contributed by atoms with Gasteiger partial charge in [0.15, 0.2) is 0 Å². The Hall–Kier alpha value is -4.08. The maximum Gasteiger partial charge on any atom is 0.328 e. The molecule has 1 unspecified atom stereocenters. The molecule has 0 aromatic heterocycles. The van der Waals surface area contributed by atoms with E-state index >= 15 is 0 Å². The van der Waals surface area contributed by atoms with Crippen molar-refractivity contribution in [2.45, 2.75) is 25.0 Å². The predicted octanol–water partition coefficient (Wildman–Crippen LogP) is 5.63. The molecule has 1 aliphatic heterocycles. The van der Waals surface area contributed by atoms with Crippen LogP contribution in [0, 0.1) is 11.6 Å². The number of aliphatic carboxylic acids is 2. The number of benzene rings is 3. The topological polar surface area (TPSA) is 96.3 Å². The Kier molecular flexibility index (Phi) is 11.1. The number of likely N-dealkylation sites (tertiary alicyclic amines) is 1. The fraction of sp³-hybridized carbons (Fsp3) is 0.267. The highest BCUT2D eigenvalue weighted by Gasteiger charge is 2.26. The minimum Gasteiger partial charge on any atom is -0.497 e. The molecule has 3 aromatic carbocycles. The van der Waals surface area contributed by atoms with Crippen LogP contribution in [0.2, 0.25) is 0 Å². The van der Waals surface area contributed by atoms with Gasteiger partial charge in [-0.2, -0.15) is 0 Å². The molecular weight excluding hydrogens is 508 g/mol. The van der Waals surface area contributed by atoms with Gasteiger partial charge in [0.2, 0.25) is 0 Å². The summed E-state index contributed by atoms with van der Waals surface area (Å²) in [7, 11) is 1.68. The van der Waals surface area contributed by atoms with Crippen molar-refractivity contribution in [3.05, 3.63) is 113 Å². The monoisotopic (exact) mass is 539 g/mol. The van der Waals surface area contributed by atoms with Crippen LogP contribution in [0.3, 0.4) is 0 Å². The summed E-state index contributed by atoms with van der Waals surface area (Å²) in [5, 5.41) is 15.6. The van der Waals surface area contributed by atoms with Gasteiger partial charge >= 0.3 is 11.9 Å². The van der Waals surface area contributed by atoms with Crippen molar-refractivity contribution in [3.8, 4) is 5.75 Å². The van der Waals surface area contributed by atoms with Crippen LogP contribution in [-0.2, 0) is 14.3 Å². The van der Waals surface area contributed by atoms with Gasteiger partial charge in [-0.1, -0.05) is 36.4 Å². The molecule has 2 N–H and O–H groups in total. The number of rotatable bonds is 10. The molecule has 1 saturated heterocycles. The van der Waals surface area contributed by atoms with Gasteiger partial charge < -0.3 is 19.7 Å². The third kappa shape index (κ3) is 9.31. The van der Waals surface area contributed by atoms with E-state index in [0.717, 1.165) is 42.8 Å². The fourth-order valence-corrected chi connectivity index (χ4v) is 4.41. The molecule has 206 valence electrons. The Morgan fingerprint density at radius 3 is 2.03 bits per heavy atom. The number of carboxylic acids is 2. The minimum atomic E-state index is -1.26. The molecule has 1 fully saturated rings. The van der Waals surface area contributed by atoms with Crippen LogP contribution in [0.5, 0.6) is 5.75 Å². The first-order valence-corrected chi connectivity index (χ1v) is 12.4. The van der Waals surface area contributed by atoms with Crippen LogP contribution in [-0.4, -0.2) is 53.9 Å². The van der Waals surface area contributed by atoms with Gasteiger partial charge in [-0.25, -0.2) is 18.4 Å². The van der Waals surface area contributed by atoms with E-state index in [1.54, 1.807) is 31.4 Å². The number of ether oxygens (including phenoxy) is 2. The summed E-state index contributed by atoms with van der Waals surface area (Å²) in [6.07, 6.45) is 2.98. The summed E-state index contributed by atoms with van der Waals surface area (Å²) < 4.78 is 38.5. The summed E-state index contributed by atoms with van der Waals surface area (Å²) in [4.78, 5) is 21.5. The number of hydrogen-bond acceptors (Lipinski definition) is 5. The van der Waals surface area contributed by atoms with Gasteiger partial charge in [-0.05, 0) is 72.5 Å². The SMILES string of the molecule is COc1cccc(C2CCCN2CCOC(c2ccc(F)cc2)c2ccc(F)cc2)c1.O=C(O)C=CC(=O)O. The smallest absolute Gasteiger partial charge is 0.328 e. The molecule has 0 amide bonds. The fourth-order valence-electron chi connectivity index (χ4n) is 4.41. The summed E-state index contributed by atoms with van der Waals surface area (Å²) in [6, 6.07) is 21.2. The minimum absolute atomic E-state index is 0.292. The third-order valence-electron chi connectivity index (χ3n) is 6.22. The van der Waals surface area contributed by atoms with Crippen LogP contribution in [0.4, 0.5) is 8.78 Å². The van der Waals surface area contributed by atoms with Crippen molar-refractivity contribution in [1.29, 1.82) is 0 Å². The zero-order valence-electron chi connectivity index (χ0n) is 21.5. The van der Waals surface area contributed by atoms with Gasteiger partial charge in [0.1, 0.15) is 23.5 Å². The molecule has 0 spiro atoms. The van der Waals surface area contributed by atoms with Gasteiger partial charge in [-0.3, -0.25) is 4.90 Å². The van der Waals surface area contributed by atoms with Crippen LogP contribution in [0.25, 0.3) is 0 Å². The van der Waals surface area contributed by atoms with E-state index in [1.807, 2.05) is 12.1 Å². The van der Waals surface area contributed by atoms with Crippen molar-refractivity contribution < 1.29 is 38.1 Å². The van der Waals surface area contributed by atoms with E-state index in [2.05, 4.69) is 17.0 Å². The Balaban J connectivity index is 0.000000459. The average Bonchev–Trinajstić information content (AvgIpc) is 3.40. The number of carboxylic acid groups (broad SMARTS) is 2. The van der Waals surface area contributed by atoms with Crippen molar-refractivity contribution in [2.75, 3.05) is 26.8 Å². The van der Waals surface area contributed by atoms with E-state index in [4.69, 9.17) is 19.7 Å². The molecule has 0 radical (unpaired) electrons. The Morgan fingerprint density at radius 1 is 0.949 bits per heavy atom. The highest BCUT2D eigenvalue weighted by Crippen LogP contribution is 2.33. The third-order valence-corrected chi connectivity index (χ3v) is 6.22. The second kappa shape index (κ2) is 14.8. The number of carbonyl (C=O) groups is 2. The van der Waals surface area contributed by atoms with Gasteiger partial charge in [0.05, 0.1) is 13.7 Å². The van der Waals surface area contributed by atoms with E-state index in [9.17, 15) is 18.4 Å². The Bertz CT molecular complexity index is 1190. The Morgan fingerprint density at radius 2 is 1.51 bits per heavy atom. The van der Waals surface area contributed by atoms with Gasteiger partial charge in [0, 0.05) is 24.7 Å². The maximum absolute atomic E-state index is 13.4. The van der Waals surface area contributed by atoms with Crippen LogP contribution in [0.1, 0.15) is 41.7 Å². The highest BCUT2D eigenvalue weighted by molar-refractivity contribution is 5.89. The first kappa shape index (κ1) is 29.5. The number of halogens is 2. The maximum atomic E-state index is 13.4. The number of hydrogen-bond donors (Lipinski definition) is 2. The Labute approximate surface area is 225 Å². The lowest BCUT2D eigenvalue weighted by atomic mass is 10.0. The van der Waals surface area contributed by atoms with Crippen molar-refractivity contribution >= 4 is 11.9 Å². The van der Waals surface area contributed by atoms with Crippen LogP contribution in [0.15, 0.2) is 84.9 Å². The zero-order valence-corrected chi connectivity index (χ0v) is 21.5. The molecule has 3 aromatic rings. The van der Waals surface area contributed by atoms with E-state index in [0.29, 0.717) is 24.8 Å². The largest absolute Gasteiger partial charge is 0.497 e. The molecule has 4 rings (SSSR count). The van der Waals surface area contributed by atoms with Crippen molar-refractivity contribution in [1.82, 2.24) is 4.90 Å². The normalized spacial score (nSPS) is 15.2. The molecular formula is C30H31F2NO6. The summed E-state index contributed by atoms with van der Waals surface area (Å²) in [5.41, 5.74) is 2.95. The second-order valence-corrected chi connectivity index (χ2v) is 8.83. The first-order valence-electron chi connectivity index (χ1n) is 12.4. The van der Waals surface area contributed by atoms with E-state index < -0.39 is 11.9 Å². The summed E-state index contributed by atoms with van der Waals surface area (Å²) in [5.74, 6) is -2.23. The molecule has 39 heavy (non-hydrogen) atoms. The standard InChI is InChI=1S/C26H27F2NO2.C4H4O4/c1-30-24-5-2-4-21(18-24)25-6-3-15-29(25)16-17-31-26(19-7-11-22(27)12-8-19)20-9-13-23(28)14-10-20;5-3(6)1-2-4(7)8/h2,4-5,7-14,18,25-26H,3,6,15-17H2,1H3;1-2H,(H,5,6)(H,7,8). The molecule has 1 aliphatic rings. The van der Waals surface area contributed by atoms with Crippen molar-refractivity contribution in [2.24, 2.45) is 0 Å². The van der Waals surface area contributed by atoms with E-state index in [1.165, 1.54) is 29.8 Å². The molecule has 9 heteroatoms. The van der Waals surface area contributed by atoms with Crippen LogP contribution >= 0.6 is 0 Å². The summed E-state index contributed by atoms with van der Waals surface area (Å²) >= 11 is 0. The number of methoxy groups -OCH3 is 1. The summed E-state index contributed by atoms with van der Waals surface area (Å²) in [6.45, 7) is 2.31. The van der Waals surface area contributed by atoms with E-state index in [-0.39, 0.29) is 17.7 Å². The first-order chi connectivity index (χ1) is 18.8. The lowest BCUT2D eigenvalue weighted by molar-refractivity contribution is -0.134. The highest BCUT2D eigenvalue weighted by atomic mass is 19.1.